The summed E-state index contributed by atoms with van der Waals surface area (Å²) in [5.41, 5.74) is 0.630. The highest BCUT2D eigenvalue weighted by Gasteiger charge is 2.24. The van der Waals surface area contributed by atoms with Crippen LogP contribution < -0.4 is 19.7 Å². The molecule has 0 bridgehead atoms. The number of methoxy groups -OCH3 is 1. The maximum Gasteiger partial charge on any atom is 0.261 e. The van der Waals surface area contributed by atoms with Crippen LogP contribution in [0.15, 0.2) is 41.4 Å². The summed E-state index contributed by atoms with van der Waals surface area (Å²) in [5, 5.41) is 3.28. The standard InChI is InChI=1S/C21H29N5O4S/c1-4-25(5-2)21(27)19-14-16(15-23-20(19)26-12-10-22-11-13-26)24-31(28,29)18-8-6-17(30-3)7-9-18/h6-9,14-15,22,24H,4-5,10-13H2,1-3H3. The molecule has 9 nitrogen and oxygen atoms in total. The highest BCUT2D eigenvalue weighted by atomic mass is 32.2. The number of carbonyl (C=O) groups is 1. The Labute approximate surface area is 183 Å². The summed E-state index contributed by atoms with van der Waals surface area (Å²) in [6, 6.07) is 7.66. The van der Waals surface area contributed by atoms with Crippen molar-refractivity contribution >= 4 is 27.4 Å². The van der Waals surface area contributed by atoms with Crippen LogP contribution in [0.5, 0.6) is 5.75 Å². The van der Waals surface area contributed by atoms with Gasteiger partial charge in [-0.25, -0.2) is 13.4 Å². The van der Waals surface area contributed by atoms with Crippen LogP contribution in [0.1, 0.15) is 24.2 Å². The van der Waals surface area contributed by atoms with E-state index in [1.165, 1.54) is 25.4 Å². The highest BCUT2D eigenvalue weighted by Crippen LogP contribution is 2.25. The Balaban J connectivity index is 1.95. The van der Waals surface area contributed by atoms with Crippen LogP contribution in [0.2, 0.25) is 0 Å². The molecule has 1 aliphatic heterocycles. The fraction of sp³-hybridized carbons (Fsp3) is 0.429. The zero-order valence-electron chi connectivity index (χ0n) is 18.1. The van der Waals surface area contributed by atoms with Crippen LogP contribution in [0.4, 0.5) is 11.5 Å². The number of ether oxygens (including phenoxy) is 1. The van der Waals surface area contributed by atoms with Gasteiger partial charge in [-0.05, 0) is 44.2 Å². The molecular weight excluding hydrogens is 418 g/mol. The second-order valence-corrected chi connectivity index (χ2v) is 8.77. The molecule has 31 heavy (non-hydrogen) atoms. The number of pyridine rings is 1. The molecule has 2 aromatic rings. The molecule has 0 spiro atoms. The van der Waals surface area contributed by atoms with Gasteiger partial charge in [-0.2, -0.15) is 0 Å². The molecule has 2 heterocycles. The number of nitrogens with zero attached hydrogens (tertiary/aromatic N) is 3. The average molecular weight is 448 g/mol. The Morgan fingerprint density at radius 2 is 1.84 bits per heavy atom. The molecule has 1 aromatic carbocycles. The van der Waals surface area contributed by atoms with Gasteiger partial charge < -0.3 is 19.9 Å². The summed E-state index contributed by atoms with van der Waals surface area (Å²) >= 11 is 0. The zero-order valence-corrected chi connectivity index (χ0v) is 18.9. The Kier molecular flexibility index (Phi) is 7.34. The smallest absolute Gasteiger partial charge is 0.261 e. The Hall–Kier alpha value is -2.85. The maximum atomic E-state index is 13.2. The lowest BCUT2D eigenvalue weighted by Crippen LogP contribution is -2.45. The van der Waals surface area contributed by atoms with E-state index in [0.29, 0.717) is 30.2 Å². The monoisotopic (exact) mass is 447 g/mol. The first-order chi connectivity index (χ1) is 14.9. The molecule has 0 radical (unpaired) electrons. The number of hydrogen-bond acceptors (Lipinski definition) is 7. The van der Waals surface area contributed by atoms with Gasteiger partial charge in [0, 0.05) is 39.3 Å². The summed E-state index contributed by atoms with van der Waals surface area (Å²) in [6.07, 6.45) is 1.46. The number of nitrogens with one attached hydrogen (secondary N) is 2. The van der Waals surface area contributed by atoms with Crippen molar-refractivity contribution in [1.29, 1.82) is 0 Å². The van der Waals surface area contributed by atoms with E-state index < -0.39 is 10.0 Å². The predicted octanol–water partition coefficient (Wildman–Crippen LogP) is 1.78. The van der Waals surface area contributed by atoms with Gasteiger partial charge in [0.25, 0.3) is 15.9 Å². The minimum atomic E-state index is -3.84. The van der Waals surface area contributed by atoms with Gasteiger partial charge >= 0.3 is 0 Å². The quantitative estimate of drug-likeness (QED) is 0.636. The summed E-state index contributed by atoms with van der Waals surface area (Å²) < 4.78 is 33.3. The third-order valence-corrected chi connectivity index (χ3v) is 6.58. The molecule has 0 unspecified atom stereocenters. The first-order valence-electron chi connectivity index (χ1n) is 10.3. The molecule has 0 saturated carbocycles. The molecule has 1 aliphatic rings. The van der Waals surface area contributed by atoms with E-state index in [2.05, 4.69) is 19.9 Å². The minimum Gasteiger partial charge on any atom is -0.497 e. The molecule has 3 rings (SSSR count). The van der Waals surface area contributed by atoms with Crippen molar-refractivity contribution in [3.05, 3.63) is 42.1 Å². The number of piperazine rings is 1. The van der Waals surface area contributed by atoms with Gasteiger partial charge in [0.1, 0.15) is 11.6 Å². The van der Waals surface area contributed by atoms with Crippen molar-refractivity contribution in [3.63, 3.8) is 0 Å². The van der Waals surface area contributed by atoms with Crippen LogP contribution in [-0.4, -0.2) is 70.6 Å². The third-order valence-electron chi connectivity index (χ3n) is 5.19. The minimum absolute atomic E-state index is 0.0936. The van der Waals surface area contributed by atoms with Crippen LogP contribution in [0, 0.1) is 0 Å². The summed E-state index contributed by atoms with van der Waals surface area (Å²) in [4.78, 5) is 21.5. The van der Waals surface area contributed by atoms with Crippen LogP contribution in [0.3, 0.4) is 0 Å². The van der Waals surface area contributed by atoms with E-state index >= 15 is 0 Å². The molecule has 10 heteroatoms. The molecule has 0 atom stereocenters. The first kappa shape index (κ1) is 22.8. The lowest BCUT2D eigenvalue weighted by Gasteiger charge is -2.31. The maximum absolute atomic E-state index is 13.2. The normalized spacial score (nSPS) is 14.2. The molecule has 2 N–H and O–H groups in total. The summed E-state index contributed by atoms with van der Waals surface area (Å²) in [7, 11) is -2.33. The van der Waals surface area contributed by atoms with E-state index in [1.807, 2.05) is 13.8 Å². The van der Waals surface area contributed by atoms with Crippen molar-refractivity contribution in [2.75, 3.05) is 56.0 Å². The fourth-order valence-electron chi connectivity index (χ4n) is 3.45. The van der Waals surface area contributed by atoms with Crippen molar-refractivity contribution < 1.29 is 17.9 Å². The molecular formula is C21H29N5O4S. The van der Waals surface area contributed by atoms with E-state index in [9.17, 15) is 13.2 Å². The summed E-state index contributed by atoms with van der Waals surface area (Å²) in [5.74, 6) is 0.968. The number of rotatable bonds is 8. The van der Waals surface area contributed by atoms with Gasteiger partial charge in [0.2, 0.25) is 0 Å². The number of amides is 1. The Morgan fingerprint density at radius 1 is 1.19 bits per heavy atom. The predicted molar refractivity (Wildman–Crippen MR) is 120 cm³/mol. The largest absolute Gasteiger partial charge is 0.497 e. The second kappa shape index (κ2) is 9.97. The number of anilines is 2. The summed E-state index contributed by atoms with van der Waals surface area (Å²) in [6.45, 7) is 7.98. The molecule has 1 fully saturated rings. The number of aromatic nitrogens is 1. The lowest BCUT2D eigenvalue weighted by molar-refractivity contribution is 0.0773. The van der Waals surface area contributed by atoms with Gasteiger partial charge in [-0.3, -0.25) is 9.52 Å². The molecule has 168 valence electrons. The zero-order chi connectivity index (χ0) is 22.4. The lowest BCUT2D eigenvalue weighted by atomic mass is 10.1. The van der Waals surface area contributed by atoms with Crippen molar-refractivity contribution in [2.24, 2.45) is 0 Å². The van der Waals surface area contributed by atoms with E-state index in [-0.39, 0.29) is 16.5 Å². The molecule has 1 saturated heterocycles. The second-order valence-electron chi connectivity index (χ2n) is 7.09. The third kappa shape index (κ3) is 5.26. The molecule has 0 aliphatic carbocycles. The SMILES string of the molecule is CCN(CC)C(=O)c1cc(NS(=O)(=O)c2ccc(OC)cc2)cnc1N1CCNCC1. The van der Waals surface area contributed by atoms with E-state index in [4.69, 9.17) is 4.74 Å². The number of sulfonamides is 1. The average Bonchev–Trinajstić information content (AvgIpc) is 2.80. The first-order valence-corrected chi connectivity index (χ1v) is 11.8. The van der Waals surface area contributed by atoms with Gasteiger partial charge in [0.05, 0.1) is 29.5 Å². The van der Waals surface area contributed by atoms with Crippen LogP contribution in [0.25, 0.3) is 0 Å². The van der Waals surface area contributed by atoms with Crippen LogP contribution in [-0.2, 0) is 10.0 Å². The Morgan fingerprint density at radius 3 is 2.42 bits per heavy atom. The van der Waals surface area contributed by atoms with Gasteiger partial charge in [-0.1, -0.05) is 0 Å². The van der Waals surface area contributed by atoms with Crippen LogP contribution >= 0.6 is 0 Å². The molecule has 1 aromatic heterocycles. The van der Waals surface area contributed by atoms with Gasteiger partial charge in [0.15, 0.2) is 0 Å². The van der Waals surface area contributed by atoms with E-state index in [1.54, 1.807) is 23.1 Å². The molecule has 1 amide bonds. The van der Waals surface area contributed by atoms with Crippen molar-refractivity contribution in [3.8, 4) is 5.75 Å². The van der Waals surface area contributed by atoms with Gasteiger partial charge in [-0.15, -0.1) is 0 Å². The number of carbonyl (C=O) groups excluding carboxylic acids is 1. The number of benzene rings is 1. The van der Waals surface area contributed by atoms with Crippen molar-refractivity contribution in [2.45, 2.75) is 18.7 Å². The Bertz CT molecular complexity index is 1000. The van der Waals surface area contributed by atoms with Crippen molar-refractivity contribution in [1.82, 2.24) is 15.2 Å². The fourth-order valence-corrected chi connectivity index (χ4v) is 4.48. The topological polar surface area (TPSA) is 104 Å². The highest BCUT2D eigenvalue weighted by molar-refractivity contribution is 7.92. The number of hydrogen-bond donors (Lipinski definition) is 2. The van der Waals surface area contributed by atoms with E-state index in [0.717, 1.165) is 26.2 Å².